The van der Waals surface area contributed by atoms with Crippen LogP contribution in [0.15, 0.2) is 42.5 Å². The molecule has 0 aromatic heterocycles. The van der Waals surface area contributed by atoms with Gasteiger partial charge in [-0.25, -0.2) is 0 Å². The van der Waals surface area contributed by atoms with Gasteiger partial charge in [-0.1, -0.05) is 41.4 Å². The van der Waals surface area contributed by atoms with E-state index < -0.39 is 0 Å². The summed E-state index contributed by atoms with van der Waals surface area (Å²) in [5.41, 5.74) is 2.11. The molecule has 22 heavy (non-hydrogen) atoms. The Morgan fingerprint density at radius 1 is 1.05 bits per heavy atom. The standard InChI is InChI=1S/C17H19Cl2NO2/c1-12(21)9-20-10-13-2-5-15(6-3-13)22-11-14-4-7-16(18)17(19)8-14/h2-8,12,20-21H,9-11H2,1H3/t12-/m0/s1. The van der Waals surface area contributed by atoms with Crippen LogP contribution in [-0.4, -0.2) is 17.8 Å². The van der Waals surface area contributed by atoms with Crippen molar-refractivity contribution in [3.63, 3.8) is 0 Å². The van der Waals surface area contributed by atoms with Gasteiger partial charge in [-0.05, 0) is 42.3 Å². The number of hydrogen-bond donors (Lipinski definition) is 2. The number of halogens is 2. The molecule has 3 nitrogen and oxygen atoms in total. The Kier molecular flexibility index (Phi) is 6.52. The third kappa shape index (κ3) is 5.50. The van der Waals surface area contributed by atoms with E-state index in [1.54, 1.807) is 19.1 Å². The molecule has 0 amide bonds. The number of aliphatic hydroxyl groups is 1. The van der Waals surface area contributed by atoms with Gasteiger partial charge in [-0.15, -0.1) is 0 Å². The maximum Gasteiger partial charge on any atom is 0.119 e. The summed E-state index contributed by atoms with van der Waals surface area (Å²) >= 11 is 11.9. The van der Waals surface area contributed by atoms with Crippen molar-refractivity contribution in [1.82, 2.24) is 5.32 Å². The Labute approximate surface area is 140 Å². The molecule has 2 rings (SSSR count). The highest BCUT2D eigenvalue weighted by Gasteiger charge is 2.01. The fourth-order valence-corrected chi connectivity index (χ4v) is 2.25. The molecular formula is C17H19Cl2NO2. The van der Waals surface area contributed by atoms with Crippen molar-refractivity contribution in [3.8, 4) is 5.75 Å². The summed E-state index contributed by atoms with van der Waals surface area (Å²) in [7, 11) is 0. The first-order valence-electron chi connectivity index (χ1n) is 7.09. The van der Waals surface area contributed by atoms with Crippen molar-refractivity contribution < 1.29 is 9.84 Å². The van der Waals surface area contributed by atoms with Crippen LogP contribution < -0.4 is 10.1 Å². The maximum atomic E-state index is 9.19. The molecule has 118 valence electrons. The molecule has 0 unspecified atom stereocenters. The van der Waals surface area contributed by atoms with Gasteiger partial charge < -0.3 is 15.2 Å². The second-order valence-corrected chi connectivity index (χ2v) is 5.98. The number of benzene rings is 2. The Hall–Kier alpha value is -1.26. The normalized spacial score (nSPS) is 12.2. The van der Waals surface area contributed by atoms with Crippen LogP contribution >= 0.6 is 23.2 Å². The van der Waals surface area contributed by atoms with Crippen molar-refractivity contribution >= 4 is 23.2 Å². The van der Waals surface area contributed by atoms with Crippen LogP contribution in [0.5, 0.6) is 5.75 Å². The average Bonchev–Trinajstić information content (AvgIpc) is 2.49. The second kappa shape index (κ2) is 8.39. The summed E-state index contributed by atoms with van der Waals surface area (Å²) in [5.74, 6) is 0.797. The van der Waals surface area contributed by atoms with E-state index in [1.165, 1.54) is 0 Å². The lowest BCUT2D eigenvalue weighted by Gasteiger charge is -2.09. The highest BCUT2D eigenvalue weighted by molar-refractivity contribution is 6.42. The van der Waals surface area contributed by atoms with Crippen LogP contribution in [0.4, 0.5) is 0 Å². The van der Waals surface area contributed by atoms with Gasteiger partial charge in [0.25, 0.3) is 0 Å². The molecule has 0 aliphatic rings. The first-order valence-corrected chi connectivity index (χ1v) is 7.84. The predicted octanol–water partition coefficient (Wildman–Crippen LogP) is 4.04. The van der Waals surface area contributed by atoms with Crippen LogP contribution in [0.25, 0.3) is 0 Å². The highest BCUT2D eigenvalue weighted by Crippen LogP contribution is 2.23. The summed E-state index contributed by atoms with van der Waals surface area (Å²) in [4.78, 5) is 0. The second-order valence-electron chi connectivity index (χ2n) is 5.16. The minimum Gasteiger partial charge on any atom is -0.489 e. The molecular weight excluding hydrogens is 321 g/mol. The number of rotatable bonds is 7. The summed E-state index contributed by atoms with van der Waals surface area (Å²) in [6, 6.07) is 13.3. The molecule has 0 heterocycles. The van der Waals surface area contributed by atoms with Gasteiger partial charge in [0.2, 0.25) is 0 Å². The van der Waals surface area contributed by atoms with Crippen molar-refractivity contribution in [2.24, 2.45) is 0 Å². The molecule has 0 radical (unpaired) electrons. The lowest BCUT2D eigenvalue weighted by atomic mass is 10.2. The number of hydrogen-bond acceptors (Lipinski definition) is 3. The molecule has 0 saturated heterocycles. The van der Waals surface area contributed by atoms with Crippen LogP contribution in [0.3, 0.4) is 0 Å². The zero-order valence-corrected chi connectivity index (χ0v) is 13.9. The molecule has 0 aliphatic heterocycles. The van der Waals surface area contributed by atoms with Gasteiger partial charge in [0, 0.05) is 13.1 Å². The molecule has 1 atom stereocenters. The Morgan fingerprint density at radius 3 is 2.36 bits per heavy atom. The van der Waals surface area contributed by atoms with Gasteiger partial charge in [-0.3, -0.25) is 0 Å². The molecule has 2 aromatic carbocycles. The Balaban J connectivity index is 1.84. The summed E-state index contributed by atoms with van der Waals surface area (Å²) < 4.78 is 5.72. The summed E-state index contributed by atoms with van der Waals surface area (Å²) in [5, 5.41) is 13.4. The van der Waals surface area contributed by atoms with E-state index >= 15 is 0 Å². The Morgan fingerprint density at radius 2 is 1.73 bits per heavy atom. The zero-order chi connectivity index (χ0) is 15.9. The third-order valence-corrected chi connectivity index (χ3v) is 3.82. The molecule has 0 bridgehead atoms. The molecule has 2 N–H and O–H groups in total. The monoisotopic (exact) mass is 339 g/mol. The highest BCUT2D eigenvalue weighted by atomic mass is 35.5. The topological polar surface area (TPSA) is 41.5 Å². The molecule has 2 aromatic rings. The minimum atomic E-state index is -0.339. The number of nitrogens with one attached hydrogen (secondary N) is 1. The largest absolute Gasteiger partial charge is 0.489 e. The van der Waals surface area contributed by atoms with Gasteiger partial charge in [0.1, 0.15) is 12.4 Å². The quantitative estimate of drug-likeness (QED) is 0.799. The number of ether oxygens (including phenoxy) is 1. The average molecular weight is 340 g/mol. The van der Waals surface area contributed by atoms with Crippen molar-refractivity contribution in [2.75, 3.05) is 6.54 Å². The first-order chi connectivity index (χ1) is 10.5. The van der Waals surface area contributed by atoms with E-state index in [9.17, 15) is 5.11 Å². The van der Waals surface area contributed by atoms with E-state index in [1.807, 2.05) is 30.3 Å². The van der Waals surface area contributed by atoms with E-state index in [0.717, 1.165) is 23.4 Å². The van der Waals surface area contributed by atoms with Crippen LogP contribution in [0, 0.1) is 0 Å². The molecule has 0 spiro atoms. The Bertz CT molecular complexity index is 600. The molecule has 0 aliphatic carbocycles. The lowest BCUT2D eigenvalue weighted by Crippen LogP contribution is -2.23. The summed E-state index contributed by atoms with van der Waals surface area (Å²) in [6.45, 7) is 3.50. The van der Waals surface area contributed by atoms with Crippen molar-refractivity contribution in [1.29, 1.82) is 0 Å². The third-order valence-electron chi connectivity index (χ3n) is 3.08. The SMILES string of the molecule is C[C@H](O)CNCc1ccc(OCc2ccc(Cl)c(Cl)c2)cc1. The van der Waals surface area contributed by atoms with E-state index in [-0.39, 0.29) is 6.10 Å². The van der Waals surface area contributed by atoms with Gasteiger partial charge in [0.05, 0.1) is 16.1 Å². The lowest BCUT2D eigenvalue weighted by molar-refractivity contribution is 0.191. The van der Waals surface area contributed by atoms with Gasteiger partial charge in [-0.2, -0.15) is 0 Å². The molecule has 0 saturated carbocycles. The zero-order valence-electron chi connectivity index (χ0n) is 12.4. The van der Waals surface area contributed by atoms with Gasteiger partial charge >= 0.3 is 0 Å². The van der Waals surface area contributed by atoms with Crippen LogP contribution in [-0.2, 0) is 13.2 Å². The number of aliphatic hydroxyl groups excluding tert-OH is 1. The maximum absolute atomic E-state index is 9.19. The van der Waals surface area contributed by atoms with E-state index in [4.69, 9.17) is 27.9 Å². The molecule has 5 heteroatoms. The van der Waals surface area contributed by atoms with Crippen LogP contribution in [0.1, 0.15) is 18.1 Å². The van der Waals surface area contributed by atoms with E-state index in [2.05, 4.69) is 5.32 Å². The van der Waals surface area contributed by atoms with Gasteiger partial charge in [0.15, 0.2) is 0 Å². The van der Waals surface area contributed by atoms with Crippen LogP contribution in [0.2, 0.25) is 10.0 Å². The smallest absolute Gasteiger partial charge is 0.119 e. The first kappa shape index (κ1) is 17.1. The van der Waals surface area contributed by atoms with Crippen molar-refractivity contribution in [2.45, 2.75) is 26.2 Å². The summed E-state index contributed by atoms with van der Waals surface area (Å²) in [6.07, 6.45) is -0.339. The van der Waals surface area contributed by atoms with E-state index in [0.29, 0.717) is 23.2 Å². The molecule has 0 fully saturated rings. The predicted molar refractivity (Wildman–Crippen MR) is 90.6 cm³/mol. The minimum absolute atomic E-state index is 0.339. The fraction of sp³-hybridized carbons (Fsp3) is 0.294. The fourth-order valence-electron chi connectivity index (χ4n) is 1.93. The van der Waals surface area contributed by atoms with Crippen molar-refractivity contribution in [3.05, 3.63) is 63.6 Å².